The Morgan fingerprint density at radius 1 is 0.594 bits per heavy atom. The Hall–Kier alpha value is -6.55. The van der Waals surface area contributed by atoms with Crippen LogP contribution in [0.4, 0.5) is 22.7 Å². The molecule has 0 saturated heterocycles. The molecular weight excluding hydrogens is 781 g/mol. The summed E-state index contributed by atoms with van der Waals surface area (Å²) in [5.74, 6) is 1.85. The van der Waals surface area contributed by atoms with E-state index in [0.29, 0.717) is 28.4 Å². The van der Waals surface area contributed by atoms with Crippen LogP contribution in [0.3, 0.4) is 0 Å². The van der Waals surface area contributed by atoms with Gasteiger partial charge in [-0.15, -0.1) is 0 Å². The van der Waals surface area contributed by atoms with Gasteiger partial charge in [0.15, 0.2) is 0 Å². The van der Waals surface area contributed by atoms with Crippen LogP contribution < -0.4 is 13.9 Å². The zero-order valence-corrected chi connectivity index (χ0v) is 39.2. The van der Waals surface area contributed by atoms with E-state index in [4.69, 9.17) is 16.6 Å². The van der Waals surface area contributed by atoms with Gasteiger partial charge < -0.3 is 4.74 Å². The van der Waals surface area contributed by atoms with Crippen LogP contribution in [-0.4, -0.2) is 15.6 Å². The van der Waals surface area contributed by atoms with Gasteiger partial charge in [-0.25, -0.2) is 4.98 Å². The fraction of sp³-hybridized carbons (Fsp3) is 0.288. The van der Waals surface area contributed by atoms with Crippen molar-refractivity contribution in [1.82, 2.24) is 18.7 Å². The van der Waals surface area contributed by atoms with Crippen molar-refractivity contribution in [1.29, 1.82) is 0 Å². The van der Waals surface area contributed by atoms with E-state index in [1.165, 1.54) is 11.1 Å². The summed E-state index contributed by atoms with van der Waals surface area (Å²) < 4.78 is 74.4. The Balaban J connectivity index is 1.21. The van der Waals surface area contributed by atoms with Crippen molar-refractivity contribution in [3.05, 3.63) is 168 Å². The molecule has 8 aromatic rings. The third kappa shape index (κ3) is 8.33. The predicted octanol–water partition coefficient (Wildman–Crippen LogP) is 16.0. The van der Waals surface area contributed by atoms with E-state index in [1.807, 2.05) is 115 Å². The molecular formula is C59H62N4O+2. The van der Waals surface area contributed by atoms with Crippen LogP contribution in [0.1, 0.15) is 115 Å². The molecule has 0 fully saturated rings. The Bertz CT molecular complexity index is 3510. The molecule has 5 nitrogen and oxygen atoms in total. The Morgan fingerprint density at radius 2 is 1.28 bits per heavy atom. The summed E-state index contributed by atoms with van der Waals surface area (Å²) in [6.45, 7) is 25.6. The highest BCUT2D eigenvalue weighted by molar-refractivity contribution is 6.10. The smallest absolute Gasteiger partial charge is 0.457 e. The maximum Gasteiger partial charge on any atom is 0.503 e. The number of pyridine rings is 1. The minimum Gasteiger partial charge on any atom is -0.457 e. The van der Waals surface area contributed by atoms with Gasteiger partial charge in [0.25, 0.3) is 5.69 Å². The average molecular weight is 850 g/mol. The number of ether oxygens (including phenoxy) is 1. The second-order valence-corrected chi connectivity index (χ2v) is 21.1. The quantitative estimate of drug-likeness (QED) is 0.150. The molecule has 322 valence electrons. The van der Waals surface area contributed by atoms with Gasteiger partial charge in [-0.05, 0) is 107 Å². The van der Waals surface area contributed by atoms with Crippen molar-refractivity contribution < 1.29 is 14.3 Å². The standard InChI is InChI=1S/C59H62N4O/c1-56(2,3)37-41-20-16-23-52-55(41)62(46-32-43(58(7,8)9)31-44(33-46)59(10,11)12)38-61(52)45-21-17-22-47(35-45)64-48-25-26-49-50-30-40(39-18-14-13-15-19-39)24-27-51(50)63(53(49)36-48)54-34-42(28-29-60-54)57(4,5)6/h13-36H,37H2,1-12H3/q+2/i13D,14D,15D,18D,19D,37D2. The molecule has 0 radical (unpaired) electrons. The van der Waals surface area contributed by atoms with Crippen LogP contribution in [-0.2, 0) is 22.6 Å². The third-order valence-corrected chi connectivity index (χ3v) is 11.8. The zero-order chi connectivity index (χ0) is 51.5. The second-order valence-electron chi connectivity index (χ2n) is 21.1. The van der Waals surface area contributed by atoms with Crippen LogP contribution in [0.25, 0.3) is 38.8 Å². The van der Waals surface area contributed by atoms with Crippen LogP contribution in [0.15, 0.2) is 146 Å². The van der Waals surface area contributed by atoms with Gasteiger partial charge in [0, 0.05) is 55.6 Å². The minimum atomic E-state index is -1.71. The number of hydrogen-bond acceptors (Lipinski definition) is 2. The van der Waals surface area contributed by atoms with Gasteiger partial charge in [-0.3, -0.25) is 4.57 Å². The summed E-state index contributed by atoms with van der Waals surface area (Å²) in [5, 5.41) is 1.69. The van der Waals surface area contributed by atoms with Crippen molar-refractivity contribution >= 4 is 50.6 Å². The molecule has 1 aliphatic heterocycles. The van der Waals surface area contributed by atoms with Gasteiger partial charge in [-0.2, -0.15) is 0 Å². The Morgan fingerprint density at radius 3 is 1.97 bits per heavy atom. The van der Waals surface area contributed by atoms with Gasteiger partial charge in [-0.1, -0.05) is 144 Å². The van der Waals surface area contributed by atoms with Crippen molar-refractivity contribution in [2.75, 3.05) is 0 Å². The number of rotatable bonds is 7. The zero-order valence-electron chi connectivity index (χ0n) is 46.2. The lowest BCUT2D eigenvalue weighted by atomic mass is 9.80. The lowest BCUT2D eigenvalue weighted by Gasteiger charge is -2.25. The van der Waals surface area contributed by atoms with Crippen LogP contribution >= 0.6 is 0 Å². The molecule has 0 unspecified atom stereocenters. The molecule has 0 spiro atoms. The number of para-hydroxylation sites is 1. The molecule has 3 heterocycles. The molecule has 0 bridgehead atoms. The van der Waals surface area contributed by atoms with Crippen LogP contribution in [0.2, 0.25) is 0 Å². The molecule has 2 aromatic heterocycles. The predicted molar refractivity (Wildman–Crippen MR) is 271 cm³/mol. The number of benzene rings is 6. The first-order valence-corrected chi connectivity index (χ1v) is 22.1. The van der Waals surface area contributed by atoms with Crippen LogP contribution in [0.5, 0.6) is 11.5 Å². The number of hydrogen-bond donors (Lipinski definition) is 0. The fourth-order valence-corrected chi connectivity index (χ4v) is 8.34. The molecule has 0 atom stereocenters. The highest BCUT2D eigenvalue weighted by Crippen LogP contribution is 2.44. The summed E-state index contributed by atoms with van der Waals surface area (Å²) in [4.78, 5) is 4.87. The molecule has 64 heavy (non-hydrogen) atoms. The number of aromatic nitrogens is 2. The monoisotopic (exact) mass is 850 g/mol. The normalized spacial score (nSPS) is 15.1. The molecule has 0 aliphatic carbocycles. The summed E-state index contributed by atoms with van der Waals surface area (Å²) >= 11 is 0. The highest BCUT2D eigenvalue weighted by atomic mass is 16.5. The molecule has 6 aromatic carbocycles. The summed E-state index contributed by atoms with van der Waals surface area (Å²) in [7, 11) is 0. The summed E-state index contributed by atoms with van der Waals surface area (Å²) in [6.07, 6.45) is 0.108. The largest absolute Gasteiger partial charge is 0.503 e. The van der Waals surface area contributed by atoms with Crippen molar-refractivity contribution in [2.45, 2.75) is 106 Å². The fourth-order valence-electron chi connectivity index (χ4n) is 8.34. The first kappa shape index (κ1) is 34.9. The highest BCUT2D eigenvalue weighted by Gasteiger charge is 2.40. The lowest BCUT2D eigenvalue weighted by Crippen LogP contribution is -2.18. The van der Waals surface area contributed by atoms with E-state index < -0.39 is 17.8 Å². The second kappa shape index (κ2) is 15.6. The van der Waals surface area contributed by atoms with E-state index in [0.717, 1.165) is 50.1 Å². The maximum atomic E-state index is 9.58. The van der Waals surface area contributed by atoms with E-state index in [9.17, 15) is 2.74 Å². The summed E-state index contributed by atoms with van der Waals surface area (Å²) in [6, 6.07) is 38.0. The SMILES string of the molecule is [2H]c1c([2H])c([2H])c(-c2ccc3c(c2)c2ccc(Oc4cccc([N+]5=C=[N+](c6cc(C(C)(C)C)cc(C(C)(C)C)c6)c6c5cccc6C([2H])([2H])C(C)(C)C)c4)cc2n3-c2cc(C(C)(C)C)ccn2)c([2H])c1[2H]. The van der Waals surface area contributed by atoms with Crippen LogP contribution in [0, 0.1) is 5.41 Å². The van der Waals surface area contributed by atoms with Gasteiger partial charge >= 0.3 is 11.7 Å². The first-order chi connectivity index (χ1) is 33.1. The van der Waals surface area contributed by atoms with Gasteiger partial charge in [0.05, 0.1) is 24.0 Å². The molecule has 1 aliphatic rings. The Kier molecular flexibility index (Phi) is 8.51. The molecule has 0 saturated carbocycles. The van der Waals surface area contributed by atoms with Gasteiger partial charge in [0.2, 0.25) is 11.4 Å². The van der Waals surface area contributed by atoms with Crippen molar-refractivity contribution in [2.24, 2.45) is 5.41 Å². The maximum absolute atomic E-state index is 9.58. The summed E-state index contributed by atoms with van der Waals surface area (Å²) in [5.41, 5.74) is 8.37. The first-order valence-electron chi connectivity index (χ1n) is 25.6. The average Bonchev–Trinajstić information content (AvgIpc) is 3.85. The van der Waals surface area contributed by atoms with E-state index >= 15 is 0 Å². The lowest BCUT2D eigenvalue weighted by molar-refractivity contribution is 0.411. The third-order valence-electron chi connectivity index (χ3n) is 11.8. The molecule has 5 heteroatoms. The van der Waals surface area contributed by atoms with E-state index in [1.54, 1.807) is 6.07 Å². The van der Waals surface area contributed by atoms with Gasteiger partial charge in [0.1, 0.15) is 17.3 Å². The minimum absolute atomic E-state index is 0.141. The number of nitrogens with zero attached hydrogens (tertiary/aromatic N) is 4. The molecule has 9 rings (SSSR count). The number of fused-ring (bicyclic) bond motifs is 4. The molecule has 0 N–H and O–H groups in total. The van der Waals surface area contributed by atoms with Crippen molar-refractivity contribution in [3.8, 4) is 28.4 Å². The topological polar surface area (TPSA) is 33.1 Å². The van der Waals surface area contributed by atoms with E-state index in [2.05, 4.69) is 97.2 Å². The van der Waals surface area contributed by atoms with Crippen molar-refractivity contribution in [3.63, 3.8) is 0 Å². The Labute approximate surface area is 389 Å². The van der Waals surface area contributed by atoms with E-state index in [-0.39, 0.29) is 46.0 Å². The molecule has 0 amide bonds.